The summed E-state index contributed by atoms with van der Waals surface area (Å²) in [6.07, 6.45) is 1.56. The summed E-state index contributed by atoms with van der Waals surface area (Å²) in [6, 6.07) is 0. The quantitative estimate of drug-likeness (QED) is 0.502. The van der Waals surface area contributed by atoms with Gasteiger partial charge in [0.1, 0.15) is 5.84 Å². The molecule has 0 aromatic carbocycles. The molecule has 0 fully saturated rings. The minimum atomic E-state index is -0.0131. The van der Waals surface area contributed by atoms with Crippen molar-refractivity contribution in [3.05, 3.63) is 11.9 Å². The molecule has 1 rings (SSSR count). The van der Waals surface area contributed by atoms with E-state index in [0.717, 1.165) is 0 Å². The zero-order chi connectivity index (χ0) is 5.98. The molecule has 0 saturated carbocycles. The zero-order valence-corrected chi connectivity index (χ0v) is 4.63. The Morgan fingerprint density at radius 3 is 2.75 bits per heavy atom. The number of amidine groups is 1. The summed E-state index contributed by atoms with van der Waals surface area (Å²) in [7, 11) is 0. The van der Waals surface area contributed by atoms with Gasteiger partial charge in [0.25, 0.3) is 0 Å². The molecule has 0 spiro atoms. The molecule has 1 N–H and O–H groups in total. The minimum absolute atomic E-state index is 0.0131. The first-order valence-electron chi connectivity index (χ1n) is 2.39. The van der Waals surface area contributed by atoms with Gasteiger partial charge in [0, 0.05) is 0 Å². The maximum absolute atomic E-state index is 8.45. The Labute approximate surface area is 47.7 Å². The second-order valence-electron chi connectivity index (χ2n) is 1.57. The van der Waals surface area contributed by atoms with Crippen LogP contribution in [0.1, 0.15) is 6.92 Å². The third-order valence-corrected chi connectivity index (χ3v) is 0.868. The lowest BCUT2D eigenvalue weighted by atomic mass is 10.5. The Kier molecular flexibility index (Phi) is 1.30. The molecule has 0 atom stereocenters. The summed E-state index contributed by atoms with van der Waals surface area (Å²) < 4.78 is 0. The van der Waals surface area contributed by atoms with Crippen molar-refractivity contribution in [3.63, 3.8) is 0 Å². The molecule has 3 nitrogen and oxygen atoms in total. The van der Waals surface area contributed by atoms with Gasteiger partial charge in [-0.25, -0.2) is 10.3 Å². The first-order chi connectivity index (χ1) is 3.83. The second kappa shape index (κ2) is 1.96. The Bertz CT molecular complexity index is 149. The molecule has 8 heavy (non-hydrogen) atoms. The topological polar surface area (TPSA) is 46.7 Å². The van der Waals surface area contributed by atoms with Crippen LogP contribution in [-0.2, 0) is 0 Å². The van der Waals surface area contributed by atoms with Gasteiger partial charge < -0.3 is 5.11 Å². The van der Waals surface area contributed by atoms with E-state index < -0.39 is 0 Å². The van der Waals surface area contributed by atoms with Crippen molar-refractivity contribution in [3.8, 4) is 0 Å². The van der Waals surface area contributed by atoms with E-state index in [1.54, 1.807) is 13.1 Å². The van der Waals surface area contributed by atoms with Crippen molar-refractivity contribution in [1.82, 2.24) is 5.32 Å². The monoisotopic (exact) mass is 111 g/mol. The van der Waals surface area contributed by atoms with Gasteiger partial charge in [-0.05, 0) is 6.92 Å². The molecule has 3 heteroatoms. The Hall–Kier alpha value is -0.830. The molecule has 0 aromatic rings. The first-order valence-corrected chi connectivity index (χ1v) is 2.39. The second-order valence-corrected chi connectivity index (χ2v) is 1.57. The highest BCUT2D eigenvalue weighted by Crippen LogP contribution is 2.00. The fourth-order valence-corrected chi connectivity index (χ4v) is 0.510. The standard InChI is InChI=1S/C5H7N2O/c1-4-6-2-5(3-8)7-4/h2,8H,3H2,1H3. The maximum Gasteiger partial charge on any atom is 0.125 e. The summed E-state index contributed by atoms with van der Waals surface area (Å²) >= 11 is 0. The van der Waals surface area contributed by atoms with E-state index in [0.29, 0.717) is 11.5 Å². The third kappa shape index (κ3) is 0.869. The summed E-state index contributed by atoms with van der Waals surface area (Å²) in [6.45, 7) is 1.78. The van der Waals surface area contributed by atoms with Gasteiger partial charge in [-0.1, -0.05) is 0 Å². The molecular formula is C5H7N2O. The average molecular weight is 111 g/mol. The van der Waals surface area contributed by atoms with Crippen molar-refractivity contribution < 1.29 is 5.11 Å². The van der Waals surface area contributed by atoms with E-state index in [9.17, 15) is 0 Å². The molecule has 0 saturated heterocycles. The SMILES string of the molecule is CC1=NC(CO)=C[N]1. The maximum atomic E-state index is 8.45. The molecule has 0 aromatic heterocycles. The van der Waals surface area contributed by atoms with Gasteiger partial charge in [0.15, 0.2) is 0 Å². The van der Waals surface area contributed by atoms with E-state index in [1.807, 2.05) is 0 Å². The van der Waals surface area contributed by atoms with Crippen LogP contribution in [0, 0.1) is 0 Å². The molecule has 0 unspecified atom stereocenters. The van der Waals surface area contributed by atoms with Crippen LogP contribution in [-0.4, -0.2) is 17.5 Å². The number of aliphatic hydroxyl groups excluding tert-OH is 1. The van der Waals surface area contributed by atoms with Gasteiger partial charge in [-0.2, -0.15) is 0 Å². The lowest BCUT2D eigenvalue weighted by molar-refractivity contribution is 0.330. The molecule has 1 heterocycles. The number of hydrogen-bond acceptors (Lipinski definition) is 2. The van der Waals surface area contributed by atoms with Gasteiger partial charge in [0.05, 0.1) is 18.5 Å². The largest absolute Gasteiger partial charge is 0.390 e. The third-order valence-electron chi connectivity index (χ3n) is 0.868. The molecule has 1 radical (unpaired) electrons. The van der Waals surface area contributed by atoms with Crippen molar-refractivity contribution in [1.29, 1.82) is 0 Å². The Morgan fingerprint density at radius 1 is 1.75 bits per heavy atom. The van der Waals surface area contributed by atoms with Crippen molar-refractivity contribution in [2.45, 2.75) is 6.92 Å². The number of aliphatic imine (C=N–C) groups is 1. The van der Waals surface area contributed by atoms with Gasteiger partial charge >= 0.3 is 0 Å². The lowest BCUT2D eigenvalue weighted by Crippen LogP contribution is -1.97. The van der Waals surface area contributed by atoms with Gasteiger partial charge in [-0.3, -0.25) is 0 Å². The normalized spacial score (nSPS) is 17.2. The molecule has 43 valence electrons. The molecule has 0 bridgehead atoms. The van der Waals surface area contributed by atoms with Crippen molar-refractivity contribution in [2.24, 2.45) is 4.99 Å². The molecular weight excluding hydrogens is 104 g/mol. The van der Waals surface area contributed by atoms with Crippen LogP contribution in [0.4, 0.5) is 0 Å². The predicted octanol–water partition coefficient (Wildman–Crippen LogP) is -0.144. The highest BCUT2D eigenvalue weighted by molar-refractivity contribution is 5.83. The van der Waals surface area contributed by atoms with Gasteiger partial charge in [0.2, 0.25) is 0 Å². The predicted molar refractivity (Wildman–Crippen MR) is 30.4 cm³/mol. The molecule has 1 aliphatic heterocycles. The van der Waals surface area contributed by atoms with Gasteiger partial charge in [-0.15, -0.1) is 0 Å². The van der Waals surface area contributed by atoms with E-state index in [1.165, 1.54) is 0 Å². The van der Waals surface area contributed by atoms with Crippen LogP contribution in [0.5, 0.6) is 0 Å². The van der Waals surface area contributed by atoms with Crippen LogP contribution in [0.25, 0.3) is 0 Å². The summed E-state index contributed by atoms with van der Waals surface area (Å²) in [5.74, 6) is 0.717. The summed E-state index contributed by atoms with van der Waals surface area (Å²) in [5.41, 5.74) is 0.641. The number of rotatable bonds is 1. The average Bonchev–Trinajstić information content (AvgIpc) is 2.14. The zero-order valence-electron chi connectivity index (χ0n) is 4.63. The molecule has 0 amide bonds. The smallest absolute Gasteiger partial charge is 0.125 e. The molecule has 0 aliphatic carbocycles. The van der Waals surface area contributed by atoms with Crippen LogP contribution in [0.2, 0.25) is 0 Å². The van der Waals surface area contributed by atoms with Crippen molar-refractivity contribution >= 4 is 5.84 Å². The number of aliphatic hydroxyl groups is 1. The Morgan fingerprint density at radius 2 is 2.50 bits per heavy atom. The summed E-state index contributed by atoms with van der Waals surface area (Å²) in [5, 5.41) is 12.3. The van der Waals surface area contributed by atoms with Crippen LogP contribution in [0.15, 0.2) is 16.9 Å². The van der Waals surface area contributed by atoms with E-state index in [-0.39, 0.29) is 6.61 Å². The van der Waals surface area contributed by atoms with Crippen molar-refractivity contribution in [2.75, 3.05) is 6.61 Å². The number of nitrogens with zero attached hydrogens (tertiary/aromatic N) is 2. The van der Waals surface area contributed by atoms with E-state index in [2.05, 4.69) is 10.3 Å². The van der Waals surface area contributed by atoms with E-state index in [4.69, 9.17) is 5.11 Å². The Balaban J connectivity index is 2.58. The molecule has 1 aliphatic rings. The fourth-order valence-electron chi connectivity index (χ4n) is 0.510. The number of hydrogen-bond donors (Lipinski definition) is 1. The highest BCUT2D eigenvalue weighted by Gasteiger charge is 2.01. The highest BCUT2D eigenvalue weighted by atomic mass is 16.3. The summed E-state index contributed by atoms with van der Waals surface area (Å²) in [4.78, 5) is 3.87. The van der Waals surface area contributed by atoms with Crippen LogP contribution in [0.3, 0.4) is 0 Å². The first kappa shape index (κ1) is 5.31. The van der Waals surface area contributed by atoms with Crippen LogP contribution < -0.4 is 5.32 Å². The lowest BCUT2D eigenvalue weighted by Gasteiger charge is -1.82. The fraction of sp³-hybridized carbons (Fsp3) is 0.400. The van der Waals surface area contributed by atoms with E-state index >= 15 is 0 Å². The van der Waals surface area contributed by atoms with Crippen LogP contribution >= 0.6 is 0 Å². The minimum Gasteiger partial charge on any atom is -0.390 e.